The third kappa shape index (κ3) is 9.39. The van der Waals surface area contributed by atoms with E-state index in [0.717, 1.165) is 13.2 Å². The lowest BCUT2D eigenvalue weighted by Crippen LogP contribution is -2.20. The van der Waals surface area contributed by atoms with Gasteiger partial charge in [0, 0.05) is 6.54 Å². The number of ether oxygens (including phenoxy) is 1. The first-order valence-electron chi connectivity index (χ1n) is 7.33. The Bertz CT molecular complexity index is 627. The minimum atomic E-state index is -4.67. The molecule has 0 aliphatic rings. The maximum Gasteiger partial charge on any atom is 0.394 e. The van der Waals surface area contributed by atoms with Crippen LogP contribution < -0.4 is 0 Å². The van der Waals surface area contributed by atoms with Gasteiger partial charge in [0.15, 0.2) is 0 Å². The van der Waals surface area contributed by atoms with E-state index in [1.165, 1.54) is 11.1 Å². The highest BCUT2D eigenvalue weighted by Gasteiger charge is 2.13. The van der Waals surface area contributed by atoms with Crippen molar-refractivity contribution >= 4 is 10.4 Å². The summed E-state index contributed by atoms with van der Waals surface area (Å²) < 4.78 is 37.7. The van der Waals surface area contributed by atoms with Crippen molar-refractivity contribution in [2.24, 2.45) is 0 Å². The summed E-state index contributed by atoms with van der Waals surface area (Å²) in [4.78, 5) is 2.13. The van der Waals surface area contributed by atoms with Crippen molar-refractivity contribution in [3.8, 4) is 0 Å². The fourth-order valence-electron chi connectivity index (χ4n) is 1.99. The monoisotopic (exact) mass is 353 g/mol. The molecule has 0 saturated carbocycles. The molecular formula is C17H23NO5S. The van der Waals surface area contributed by atoms with Crippen molar-refractivity contribution in [1.29, 1.82) is 0 Å². The average Bonchev–Trinajstić information content (AvgIpc) is 2.51. The van der Waals surface area contributed by atoms with Crippen LogP contribution in [0, 0.1) is 0 Å². The van der Waals surface area contributed by atoms with Crippen LogP contribution in [0.3, 0.4) is 0 Å². The Labute approximate surface area is 143 Å². The van der Waals surface area contributed by atoms with E-state index in [2.05, 4.69) is 67.5 Å². The van der Waals surface area contributed by atoms with Gasteiger partial charge in [0.05, 0.1) is 6.61 Å². The second-order valence-corrected chi connectivity index (χ2v) is 6.22. The molecule has 2 N–H and O–H groups in total. The molecule has 6 nitrogen and oxygen atoms in total. The van der Waals surface area contributed by atoms with E-state index in [4.69, 9.17) is 22.3 Å². The van der Waals surface area contributed by atoms with Crippen LogP contribution in [0.25, 0.3) is 0 Å². The molecular weight excluding hydrogens is 330 g/mol. The third-order valence-corrected chi connectivity index (χ3v) is 3.03. The van der Waals surface area contributed by atoms with Gasteiger partial charge in [0.2, 0.25) is 0 Å². The molecule has 7 heteroatoms. The molecule has 0 amide bonds. The van der Waals surface area contributed by atoms with E-state index in [9.17, 15) is 0 Å². The Kier molecular flexibility index (Phi) is 8.59. The fourth-order valence-corrected chi connectivity index (χ4v) is 1.99. The largest absolute Gasteiger partial charge is 0.394 e. The summed E-state index contributed by atoms with van der Waals surface area (Å²) in [5.41, 5.74) is 2.40. The van der Waals surface area contributed by atoms with Gasteiger partial charge < -0.3 is 9.64 Å². The van der Waals surface area contributed by atoms with E-state index >= 15 is 0 Å². The highest BCUT2D eigenvalue weighted by molar-refractivity contribution is 7.79. The van der Waals surface area contributed by atoms with Gasteiger partial charge in [-0.2, -0.15) is 8.42 Å². The van der Waals surface area contributed by atoms with Crippen molar-refractivity contribution < 1.29 is 22.3 Å². The summed E-state index contributed by atoms with van der Waals surface area (Å²) >= 11 is 0. The minimum absolute atomic E-state index is 0.0161. The first kappa shape index (κ1) is 20.3. The first-order chi connectivity index (χ1) is 11.3. The van der Waals surface area contributed by atoms with Gasteiger partial charge >= 0.3 is 10.4 Å². The molecule has 0 heterocycles. The number of hydrogen-bond donors (Lipinski definition) is 2. The molecule has 0 bridgehead atoms. The Morgan fingerprint density at radius 3 is 1.62 bits per heavy atom. The molecule has 0 aliphatic carbocycles. The van der Waals surface area contributed by atoms with Crippen molar-refractivity contribution in [2.45, 2.75) is 6.10 Å². The second-order valence-electron chi connectivity index (χ2n) is 5.32. The normalized spacial score (nSPS) is 11.2. The van der Waals surface area contributed by atoms with Crippen LogP contribution in [0.4, 0.5) is 0 Å². The summed E-state index contributed by atoms with van der Waals surface area (Å²) in [7, 11) is -0.549. The Morgan fingerprint density at radius 2 is 1.29 bits per heavy atom. The van der Waals surface area contributed by atoms with E-state index in [0.29, 0.717) is 0 Å². The van der Waals surface area contributed by atoms with Gasteiger partial charge in [-0.25, -0.2) is 0 Å². The van der Waals surface area contributed by atoms with E-state index in [1.54, 1.807) is 0 Å². The molecule has 0 radical (unpaired) electrons. The summed E-state index contributed by atoms with van der Waals surface area (Å²) in [5, 5.41) is 0. The summed E-state index contributed by atoms with van der Waals surface area (Å²) in [6.07, 6.45) is 0.0161. The lowest BCUT2D eigenvalue weighted by molar-refractivity contribution is 0.0687. The smallest absolute Gasteiger partial charge is 0.367 e. The van der Waals surface area contributed by atoms with E-state index in [1.807, 2.05) is 12.1 Å². The molecule has 2 aromatic rings. The topological polar surface area (TPSA) is 87.1 Å². The molecule has 0 unspecified atom stereocenters. The highest BCUT2D eigenvalue weighted by Crippen LogP contribution is 2.25. The van der Waals surface area contributed by atoms with Crippen molar-refractivity contribution in [1.82, 2.24) is 4.90 Å². The minimum Gasteiger partial charge on any atom is -0.367 e. The van der Waals surface area contributed by atoms with E-state index in [-0.39, 0.29) is 6.10 Å². The molecule has 0 fully saturated rings. The molecule has 0 atom stereocenters. The van der Waals surface area contributed by atoms with Crippen molar-refractivity contribution in [3.05, 3.63) is 71.8 Å². The van der Waals surface area contributed by atoms with Gasteiger partial charge in [-0.15, -0.1) is 0 Å². The molecule has 2 rings (SSSR count). The van der Waals surface area contributed by atoms with Gasteiger partial charge in [-0.05, 0) is 25.2 Å². The maximum atomic E-state index is 8.74. The number of benzene rings is 2. The van der Waals surface area contributed by atoms with Crippen LogP contribution in [0.1, 0.15) is 17.2 Å². The lowest BCUT2D eigenvalue weighted by Gasteiger charge is -2.20. The van der Waals surface area contributed by atoms with Gasteiger partial charge in [-0.1, -0.05) is 60.7 Å². The zero-order chi connectivity index (χ0) is 18.0. The predicted molar refractivity (Wildman–Crippen MR) is 93.4 cm³/mol. The SMILES string of the molecule is CN(C)CCOC(c1ccccc1)c1ccccc1.O=S(=O)(O)O. The fraction of sp³-hybridized carbons (Fsp3) is 0.294. The quantitative estimate of drug-likeness (QED) is 0.777. The lowest BCUT2D eigenvalue weighted by atomic mass is 10.0. The van der Waals surface area contributed by atoms with Crippen LogP contribution in [0.5, 0.6) is 0 Å². The Hall–Kier alpha value is -1.77. The summed E-state index contributed by atoms with van der Waals surface area (Å²) in [5.74, 6) is 0. The van der Waals surface area contributed by atoms with Crippen molar-refractivity contribution in [3.63, 3.8) is 0 Å². The van der Waals surface area contributed by atoms with Gasteiger partial charge in [0.1, 0.15) is 6.10 Å². The predicted octanol–water partition coefficient (Wildman–Crippen LogP) is 2.70. The zero-order valence-corrected chi connectivity index (χ0v) is 14.6. The Balaban J connectivity index is 0.000000505. The molecule has 0 spiro atoms. The highest BCUT2D eigenvalue weighted by atomic mass is 32.3. The summed E-state index contributed by atoms with van der Waals surface area (Å²) in [6, 6.07) is 20.8. The van der Waals surface area contributed by atoms with E-state index < -0.39 is 10.4 Å². The zero-order valence-electron chi connectivity index (χ0n) is 13.7. The first-order valence-corrected chi connectivity index (χ1v) is 8.73. The molecule has 0 saturated heterocycles. The van der Waals surface area contributed by atoms with Crippen LogP contribution >= 0.6 is 0 Å². The average molecular weight is 353 g/mol. The third-order valence-electron chi connectivity index (χ3n) is 3.03. The van der Waals surface area contributed by atoms with Gasteiger partial charge in [-0.3, -0.25) is 9.11 Å². The van der Waals surface area contributed by atoms with Crippen LogP contribution in [0.2, 0.25) is 0 Å². The molecule has 0 aromatic heterocycles. The molecule has 132 valence electrons. The molecule has 2 aromatic carbocycles. The summed E-state index contributed by atoms with van der Waals surface area (Å²) in [6.45, 7) is 1.65. The maximum absolute atomic E-state index is 8.74. The number of rotatable bonds is 6. The second kappa shape index (κ2) is 10.2. The number of nitrogens with zero attached hydrogens (tertiary/aromatic N) is 1. The van der Waals surface area contributed by atoms with Crippen LogP contribution in [-0.4, -0.2) is 49.7 Å². The Morgan fingerprint density at radius 1 is 0.917 bits per heavy atom. The van der Waals surface area contributed by atoms with Crippen molar-refractivity contribution in [2.75, 3.05) is 27.2 Å². The molecule has 0 aliphatic heterocycles. The number of hydrogen-bond acceptors (Lipinski definition) is 4. The number of likely N-dealkylation sites (N-methyl/N-ethyl adjacent to an activating group) is 1. The van der Waals surface area contributed by atoms with Gasteiger partial charge in [0.25, 0.3) is 0 Å². The van der Waals surface area contributed by atoms with Crippen LogP contribution in [-0.2, 0) is 15.1 Å². The van der Waals surface area contributed by atoms with Crippen LogP contribution in [0.15, 0.2) is 60.7 Å². The molecule has 24 heavy (non-hydrogen) atoms. The standard InChI is InChI=1S/C17H21NO.H2O4S/c1-18(2)13-14-19-17(15-9-5-3-6-10-15)16-11-7-4-8-12-16;1-5(2,3)4/h3-12,17H,13-14H2,1-2H3;(H2,1,2,3,4).